The van der Waals surface area contributed by atoms with Crippen molar-refractivity contribution in [1.29, 1.82) is 0 Å². The Morgan fingerprint density at radius 1 is 1.32 bits per heavy atom. The van der Waals surface area contributed by atoms with Gasteiger partial charge in [0.25, 0.3) is 0 Å². The summed E-state index contributed by atoms with van der Waals surface area (Å²) in [5, 5.41) is 0. The van der Waals surface area contributed by atoms with Crippen LogP contribution in [0.1, 0.15) is 51.9 Å². The van der Waals surface area contributed by atoms with Gasteiger partial charge in [0.1, 0.15) is 5.60 Å². The van der Waals surface area contributed by atoms with Crippen molar-refractivity contribution < 1.29 is 22.7 Å². The molecule has 1 atom stereocenters. The largest absolute Gasteiger partial charge is 0.444 e. The molecule has 1 amide bonds. The number of hydrogen-bond donors (Lipinski definition) is 0. The maximum absolute atomic E-state index is 12.5. The van der Waals surface area contributed by atoms with Gasteiger partial charge in [-0.25, -0.2) is 4.79 Å². The number of carbonyl (C=O) groups excluding carboxylic acids is 1. The molecule has 0 aliphatic heterocycles. The fraction of sp³-hybridized carbons (Fsp3) is 0.600. The first-order valence-corrected chi connectivity index (χ1v) is 6.98. The molecule has 0 aliphatic rings. The van der Waals surface area contributed by atoms with Gasteiger partial charge in [0.2, 0.25) is 0 Å². The molecule has 124 valence electrons. The Labute approximate surface area is 128 Å². The molecule has 0 spiro atoms. The van der Waals surface area contributed by atoms with Crippen molar-refractivity contribution in [2.75, 3.05) is 6.54 Å². The Hall–Kier alpha value is -1.79. The second kappa shape index (κ2) is 6.54. The summed E-state index contributed by atoms with van der Waals surface area (Å²) < 4.78 is 42.9. The third-order valence-electron chi connectivity index (χ3n) is 2.98. The number of rotatable bonds is 3. The van der Waals surface area contributed by atoms with Crippen LogP contribution in [0.3, 0.4) is 0 Å². The lowest BCUT2D eigenvalue weighted by Gasteiger charge is -2.30. The van der Waals surface area contributed by atoms with E-state index in [1.165, 1.54) is 11.0 Å². The molecule has 0 bridgehead atoms. The molecule has 0 saturated heterocycles. The first kappa shape index (κ1) is 18.3. The summed E-state index contributed by atoms with van der Waals surface area (Å²) in [6.07, 6.45) is -4.18. The van der Waals surface area contributed by atoms with Crippen LogP contribution in [0.2, 0.25) is 0 Å². The molecular weight excluding hydrogens is 297 g/mol. The van der Waals surface area contributed by atoms with Gasteiger partial charge in [-0.1, -0.05) is 0 Å². The van der Waals surface area contributed by atoms with Crippen molar-refractivity contribution in [3.63, 3.8) is 0 Å². The lowest BCUT2D eigenvalue weighted by Crippen LogP contribution is -2.38. The van der Waals surface area contributed by atoms with Crippen LogP contribution < -0.4 is 0 Å². The van der Waals surface area contributed by atoms with Crippen LogP contribution >= 0.6 is 0 Å². The summed E-state index contributed by atoms with van der Waals surface area (Å²) in [5.41, 5.74) is -1.08. The van der Waals surface area contributed by atoms with E-state index in [1.807, 2.05) is 0 Å². The molecular formula is C15H21F3N2O2. The fourth-order valence-electron chi connectivity index (χ4n) is 1.86. The van der Waals surface area contributed by atoms with Crippen LogP contribution in [0.15, 0.2) is 18.3 Å². The van der Waals surface area contributed by atoms with E-state index < -0.39 is 29.5 Å². The fourth-order valence-corrected chi connectivity index (χ4v) is 1.86. The molecule has 1 aromatic heterocycles. The molecule has 0 N–H and O–H groups in total. The van der Waals surface area contributed by atoms with E-state index in [4.69, 9.17) is 4.74 Å². The number of carbonyl (C=O) groups is 1. The van der Waals surface area contributed by atoms with Gasteiger partial charge in [0.15, 0.2) is 0 Å². The maximum Gasteiger partial charge on any atom is 0.417 e. The lowest BCUT2D eigenvalue weighted by molar-refractivity contribution is -0.137. The highest BCUT2D eigenvalue weighted by Gasteiger charge is 2.31. The van der Waals surface area contributed by atoms with Crippen LogP contribution in [0.4, 0.5) is 18.0 Å². The zero-order valence-corrected chi connectivity index (χ0v) is 13.4. The number of nitrogens with zero attached hydrogens (tertiary/aromatic N) is 2. The average molecular weight is 318 g/mol. The van der Waals surface area contributed by atoms with Crippen LogP contribution in [0.25, 0.3) is 0 Å². The first-order chi connectivity index (χ1) is 9.95. The molecule has 1 unspecified atom stereocenters. The topological polar surface area (TPSA) is 42.4 Å². The standard InChI is InChI=1S/C15H21F3N2O2/c1-6-20(13(21)22-14(3,4)5)10(2)12-8-7-11(9-19-12)15(16,17)18/h7-10H,6H2,1-5H3. The van der Waals surface area contributed by atoms with Gasteiger partial charge in [-0.15, -0.1) is 0 Å². The number of alkyl halides is 3. The van der Waals surface area contributed by atoms with Gasteiger partial charge in [0, 0.05) is 12.7 Å². The zero-order chi connectivity index (χ0) is 17.1. The summed E-state index contributed by atoms with van der Waals surface area (Å²) in [6.45, 7) is 9.08. The molecule has 0 radical (unpaired) electrons. The molecule has 1 rings (SSSR count). The van der Waals surface area contributed by atoms with E-state index in [-0.39, 0.29) is 0 Å². The van der Waals surface area contributed by atoms with Crippen LogP contribution in [0.5, 0.6) is 0 Å². The Morgan fingerprint density at radius 3 is 2.27 bits per heavy atom. The highest BCUT2D eigenvalue weighted by molar-refractivity contribution is 5.68. The summed E-state index contributed by atoms with van der Waals surface area (Å²) in [4.78, 5) is 17.4. The lowest BCUT2D eigenvalue weighted by atomic mass is 10.1. The minimum atomic E-state index is -4.43. The van der Waals surface area contributed by atoms with E-state index in [1.54, 1.807) is 34.6 Å². The Kier molecular flexibility index (Phi) is 5.43. The predicted octanol–water partition coefficient (Wildman–Crippen LogP) is 4.42. The van der Waals surface area contributed by atoms with E-state index >= 15 is 0 Å². The van der Waals surface area contributed by atoms with E-state index in [0.29, 0.717) is 12.2 Å². The third kappa shape index (κ3) is 4.89. The van der Waals surface area contributed by atoms with E-state index in [2.05, 4.69) is 4.98 Å². The highest BCUT2D eigenvalue weighted by Crippen LogP contribution is 2.29. The van der Waals surface area contributed by atoms with Crippen molar-refractivity contribution >= 4 is 6.09 Å². The van der Waals surface area contributed by atoms with E-state index in [9.17, 15) is 18.0 Å². The number of pyridine rings is 1. The SMILES string of the molecule is CCN(C(=O)OC(C)(C)C)C(C)c1ccc(C(F)(F)F)cn1. The smallest absolute Gasteiger partial charge is 0.417 e. The highest BCUT2D eigenvalue weighted by atomic mass is 19.4. The molecule has 4 nitrogen and oxygen atoms in total. The Balaban J connectivity index is 2.92. The summed E-state index contributed by atoms with van der Waals surface area (Å²) in [5.74, 6) is 0. The number of hydrogen-bond acceptors (Lipinski definition) is 3. The molecule has 1 heterocycles. The molecule has 0 aliphatic carbocycles. The molecule has 1 aromatic rings. The second-order valence-corrected chi connectivity index (χ2v) is 5.91. The number of amides is 1. The van der Waals surface area contributed by atoms with Gasteiger partial charge >= 0.3 is 12.3 Å². The van der Waals surface area contributed by atoms with Gasteiger partial charge in [-0.05, 0) is 46.8 Å². The average Bonchev–Trinajstić information content (AvgIpc) is 2.36. The predicted molar refractivity (Wildman–Crippen MR) is 76.3 cm³/mol. The summed E-state index contributed by atoms with van der Waals surface area (Å²) >= 11 is 0. The molecule has 0 saturated carbocycles. The van der Waals surface area contributed by atoms with Gasteiger partial charge in [-0.3, -0.25) is 4.98 Å². The van der Waals surface area contributed by atoms with Crippen LogP contribution in [-0.2, 0) is 10.9 Å². The van der Waals surface area contributed by atoms with Gasteiger partial charge < -0.3 is 9.64 Å². The number of ether oxygens (including phenoxy) is 1. The number of aromatic nitrogens is 1. The Morgan fingerprint density at radius 2 is 1.91 bits per heavy atom. The van der Waals surface area contributed by atoms with E-state index in [0.717, 1.165) is 12.3 Å². The van der Waals surface area contributed by atoms with Crippen LogP contribution in [-0.4, -0.2) is 28.1 Å². The van der Waals surface area contributed by atoms with Gasteiger partial charge in [-0.2, -0.15) is 13.2 Å². The number of halogens is 3. The monoisotopic (exact) mass is 318 g/mol. The van der Waals surface area contributed by atoms with Gasteiger partial charge in [0.05, 0.1) is 17.3 Å². The minimum Gasteiger partial charge on any atom is -0.444 e. The summed E-state index contributed by atoms with van der Waals surface area (Å²) in [7, 11) is 0. The molecule has 22 heavy (non-hydrogen) atoms. The van der Waals surface area contributed by atoms with Crippen molar-refractivity contribution in [1.82, 2.24) is 9.88 Å². The van der Waals surface area contributed by atoms with Crippen molar-refractivity contribution in [2.24, 2.45) is 0 Å². The maximum atomic E-state index is 12.5. The summed E-state index contributed by atoms with van der Waals surface area (Å²) in [6, 6.07) is 1.75. The second-order valence-electron chi connectivity index (χ2n) is 5.91. The molecule has 7 heteroatoms. The minimum absolute atomic E-state index is 0.360. The molecule has 0 fully saturated rings. The van der Waals surface area contributed by atoms with Crippen molar-refractivity contribution in [3.05, 3.63) is 29.6 Å². The zero-order valence-electron chi connectivity index (χ0n) is 13.4. The Bertz CT molecular complexity index is 507. The normalized spacial score (nSPS) is 13.6. The molecule has 0 aromatic carbocycles. The van der Waals surface area contributed by atoms with Crippen molar-refractivity contribution in [2.45, 2.75) is 52.4 Å². The third-order valence-corrected chi connectivity index (χ3v) is 2.98. The van der Waals surface area contributed by atoms with Crippen molar-refractivity contribution in [3.8, 4) is 0 Å². The first-order valence-electron chi connectivity index (χ1n) is 6.98. The van der Waals surface area contributed by atoms with Crippen LogP contribution in [0, 0.1) is 0 Å². The quantitative estimate of drug-likeness (QED) is 0.828.